The van der Waals surface area contributed by atoms with Crippen LogP contribution >= 0.6 is 43.0 Å². The Morgan fingerprint density at radius 3 is 1.78 bits per heavy atom. The summed E-state index contributed by atoms with van der Waals surface area (Å²) >= 11 is 3.96. The van der Waals surface area contributed by atoms with Crippen molar-refractivity contribution in [3.8, 4) is 0 Å². The van der Waals surface area contributed by atoms with E-state index in [0.29, 0.717) is 0 Å². The predicted octanol–water partition coefficient (Wildman–Crippen LogP) is 0.127. The summed E-state index contributed by atoms with van der Waals surface area (Å²) in [5, 5.41) is 9.34. The smallest absolute Gasteiger partial charge is 1.00 e. The van der Waals surface area contributed by atoms with Crippen LogP contribution in [0.25, 0.3) is 0 Å². The number of benzene rings is 1. The Balaban J connectivity index is 0.000000882. The molecule has 0 amide bonds. The average molecular weight is 599 g/mol. The molecule has 1 aliphatic heterocycles. The summed E-state index contributed by atoms with van der Waals surface area (Å²) < 4.78 is 3.39. The predicted molar refractivity (Wildman–Crippen MR) is 105 cm³/mol. The summed E-state index contributed by atoms with van der Waals surface area (Å²) in [6.07, 6.45) is 0. The minimum atomic E-state index is -1.45. The third-order valence-corrected chi connectivity index (χ3v) is 15.2. The van der Waals surface area contributed by atoms with E-state index in [4.69, 9.17) is 0 Å². The van der Waals surface area contributed by atoms with E-state index in [2.05, 4.69) is 66.3 Å². The summed E-state index contributed by atoms with van der Waals surface area (Å²) in [6, 6.07) is 15.8. The molecule has 3 heterocycles. The van der Waals surface area contributed by atoms with Crippen LogP contribution in [0.5, 0.6) is 0 Å². The number of hydrogen-bond donors (Lipinski definition) is 0. The van der Waals surface area contributed by atoms with E-state index in [1.165, 1.54) is 5.30 Å². The molecule has 1 aromatic carbocycles. The molecule has 23 heavy (non-hydrogen) atoms. The Bertz CT molecular complexity index is 729. The molecule has 0 saturated carbocycles. The van der Waals surface area contributed by atoms with Gasteiger partial charge < -0.3 is 12.4 Å². The molecule has 3 aromatic rings. The van der Waals surface area contributed by atoms with Crippen molar-refractivity contribution in [3.05, 3.63) is 53.2 Å². The quantitative estimate of drug-likeness (QED) is 0.276. The van der Waals surface area contributed by atoms with Crippen LogP contribution in [-0.2, 0) is 22.4 Å². The molecule has 0 nitrogen and oxygen atoms in total. The zero-order chi connectivity index (χ0) is 13.7. The van der Waals surface area contributed by atoms with Crippen molar-refractivity contribution < 1.29 is 34.8 Å². The van der Waals surface area contributed by atoms with E-state index >= 15 is 0 Å². The van der Waals surface area contributed by atoms with Crippen LogP contribution < -0.4 is 37.3 Å². The standard InChI is InChI=1S/C16H15PS2Si.Au.2ClH/c1-20(2)15-13(8-10-18-15)17(12-6-4-3-5-7-12)14-9-11-19-16(14)20;;;/h3-11H,1-2H3;;2*1H/q;+1;;/p-1. The molecule has 0 aliphatic carbocycles. The first kappa shape index (κ1) is 21.6. The molecule has 0 N–H and O–H groups in total. The summed E-state index contributed by atoms with van der Waals surface area (Å²) in [5.74, 6) is 0. The molecule has 0 radical (unpaired) electrons. The van der Waals surface area contributed by atoms with E-state index < -0.39 is 8.07 Å². The van der Waals surface area contributed by atoms with Crippen LogP contribution in [0, 0.1) is 0 Å². The molecule has 0 unspecified atom stereocenters. The van der Waals surface area contributed by atoms with Gasteiger partial charge in [0.2, 0.25) is 0 Å². The fourth-order valence-electron chi connectivity index (χ4n) is 2.98. The minimum Gasteiger partial charge on any atom is -1.00 e. The third-order valence-electron chi connectivity index (χ3n) is 3.92. The molecule has 0 bridgehead atoms. The molecule has 4 rings (SSSR count). The largest absolute Gasteiger partial charge is 1.00 e. The van der Waals surface area contributed by atoms with Crippen LogP contribution in [0.2, 0.25) is 13.1 Å². The van der Waals surface area contributed by atoms with E-state index in [0.717, 1.165) is 0 Å². The van der Waals surface area contributed by atoms with Crippen LogP contribution in [0.15, 0.2) is 53.2 Å². The molecule has 0 spiro atoms. The fourth-order valence-corrected chi connectivity index (χ4v) is 14.8. The Morgan fingerprint density at radius 1 is 0.826 bits per heavy atom. The van der Waals surface area contributed by atoms with Gasteiger partial charge in [-0.2, -0.15) is 22.7 Å². The van der Waals surface area contributed by atoms with Crippen molar-refractivity contribution in [3.63, 3.8) is 0 Å². The van der Waals surface area contributed by atoms with Gasteiger partial charge in [-0.1, -0.05) is 43.4 Å². The second-order valence-electron chi connectivity index (χ2n) is 5.57. The SMILES string of the molecule is C[Si]1(C)c2sccc2P(c2ccccc2)c2ccsc21.Cl.[Au+].[Cl-]. The first-order valence-electron chi connectivity index (χ1n) is 6.71. The van der Waals surface area contributed by atoms with Gasteiger partial charge in [-0.25, -0.2) is 0 Å². The zero-order valence-corrected chi connectivity index (χ0v) is 19.8. The van der Waals surface area contributed by atoms with Gasteiger partial charge >= 0.3 is 22.4 Å². The number of hydrogen-bond acceptors (Lipinski definition) is 2. The van der Waals surface area contributed by atoms with Gasteiger partial charge in [0.1, 0.15) is 8.07 Å². The molecule has 0 saturated heterocycles. The molecule has 0 atom stereocenters. The fraction of sp³-hybridized carbons (Fsp3) is 0.125. The number of halogens is 2. The number of fused-ring (bicyclic) bond motifs is 2. The molecule has 0 fully saturated rings. The Labute approximate surface area is 175 Å². The maximum absolute atomic E-state index is 2.51. The Hall–Kier alpha value is 0.587. The van der Waals surface area contributed by atoms with E-state index in [1.54, 1.807) is 19.6 Å². The molecule has 1 aliphatic rings. The average Bonchev–Trinajstić information content (AvgIpc) is 3.09. The normalized spacial score (nSPS) is 14.5. The van der Waals surface area contributed by atoms with Crippen molar-refractivity contribution in [2.45, 2.75) is 13.1 Å². The van der Waals surface area contributed by atoms with Crippen molar-refractivity contribution in [1.82, 2.24) is 0 Å². The second kappa shape index (κ2) is 8.31. The van der Waals surface area contributed by atoms with Crippen LogP contribution in [0.1, 0.15) is 0 Å². The van der Waals surface area contributed by atoms with Gasteiger partial charge in [0, 0.05) is 9.00 Å². The first-order chi connectivity index (χ1) is 9.69. The van der Waals surface area contributed by atoms with E-state index in [9.17, 15) is 0 Å². The number of thiophene rings is 2. The van der Waals surface area contributed by atoms with Crippen LogP contribution in [-0.4, -0.2) is 8.07 Å². The molecular formula is C16H16AuCl2PS2Si. The summed E-state index contributed by atoms with van der Waals surface area (Å²) in [5.41, 5.74) is 0. The van der Waals surface area contributed by atoms with E-state index in [1.807, 2.05) is 22.7 Å². The maximum atomic E-state index is 2.51. The van der Waals surface area contributed by atoms with Gasteiger partial charge in [-0.05, 0) is 46.7 Å². The Morgan fingerprint density at radius 2 is 1.30 bits per heavy atom. The molecule has 2 aromatic heterocycles. The van der Waals surface area contributed by atoms with Crippen LogP contribution in [0.3, 0.4) is 0 Å². The minimum absolute atomic E-state index is 0. The molecular weight excluding hydrogens is 583 g/mol. The molecule has 126 valence electrons. The van der Waals surface area contributed by atoms with Crippen molar-refractivity contribution >= 4 is 76.0 Å². The van der Waals surface area contributed by atoms with Gasteiger partial charge in [-0.3, -0.25) is 0 Å². The summed E-state index contributed by atoms with van der Waals surface area (Å²) in [4.78, 5) is 0. The van der Waals surface area contributed by atoms with Crippen LogP contribution in [0.4, 0.5) is 0 Å². The topological polar surface area (TPSA) is 0 Å². The second-order valence-corrected chi connectivity index (χ2v) is 14.5. The van der Waals surface area contributed by atoms with Crippen molar-refractivity contribution in [2.75, 3.05) is 0 Å². The monoisotopic (exact) mass is 598 g/mol. The van der Waals surface area contributed by atoms with Gasteiger partial charge in [0.05, 0.1) is 0 Å². The molecule has 7 heteroatoms. The first-order valence-corrected chi connectivity index (χ1v) is 12.8. The Kier molecular flexibility index (Phi) is 7.82. The number of rotatable bonds is 1. The summed E-state index contributed by atoms with van der Waals surface area (Å²) in [6.45, 7) is 5.02. The van der Waals surface area contributed by atoms with Gasteiger partial charge in [0.25, 0.3) is 0 Å². The maximum Gasteiger partial charge on any atom is 1.00 e. The summed E-state index contributed by atoms with van der Waals surface area (Å²) in [7, 11) is -1.78. The third kappa shape index (κ3) is 3.46. The van der Waals surface area contributed by atoms with E-state index in [-0.39, 0.29) is 55.1 Å². The van der Waals surface area contributed by atoms with Crippen molar-refractivity contribution in [1.29, 1.82) is 0 Å². The zero-order valence-electron chi connectivity index (χ0n) is 12.5. The van der Waals surface area contributed by atoms with Gasteiger partial charge in [-0.15, -0.1) is 12.4 Å². The van der Waals surface area contributed by atoms with Crippen molar-refractivity contribution in [2.24, 2.45) is 0 Å². The van der Waals surface area contributed by atoms with Gasteiger partial charge in [0.15, 0.2) is 0 Å².